The molecule has 5 heteroatoms. The highest BCUT2D eigenvalue weighted by Crippen LogP contribution is 2.26. The molecule has 1 aromatic heterocycles. The fourth-order valence-electron chi connectivity index (χ4n) is 3.90. The number of aromatic nitrogens is 1. The van der Waals surface area contributed by atoms with Gasteiger partial charge in [0.2, 0.25) is 0 Å². The molecule has 2 heterocycles. The number of nitrogens with zero attached hydrogens (tertiary/aromatic N) is 3. The molecule has 0 bridgehead atoms. The molecule has 0 atom stereocenters. The second-order valence-corrected chi connectivity index (χ2v) is 7.82. The zero-order valence-corrected chi connectivity index (χ0v) is 17.0. The maximum atomic E-state index is 13.4. The van der Waals surface area contributed by atoms with E-state index in [2.05, 4.69) is 34.1 Å². The van der Waals surface area contributed by atoms with Gasteiger partial charge in [-0.3, -0.25) is 14.7 Å². The summed E-state index contributed by atoms with van der Waals surface area (Å²) in [7, 11) is 0. The van der Waals surface area contributed by atoms with Crippen LogP contribution in [0.1, 0.15) is 28.8 Å². The van der Waals surface area contributed by atoms with Gasteiger partial charge in [-0.2, -0.15) is 0 Å². The van der Waals surface area contributed by atoms with E-state index in [0.717, 1.165) is 38.2 Å². The van der Waals surface area contributed by atoms with Crippen LogP contribution in [0.2, 0.25) is 5.02 Å². The number of hydrogen-bond donors (Lipinski definition) is 0. The summed E-state index contributed by atoms with van der Waals surface area (Å²) >= 11 is 6.00. The third kappa shape index (κ3) is 4.84. The van der Waals surface area contributed by atoms with E-state index in [9.17, 15) is 4.79 Å². The van der Waals surface area contributed by atoms with Crippen molar-refractivity contribution in [2.45, 2.75) is 25.4 Å². The van der Waals surface area contributed by atoms with E-state index >= 15 is 0 Å². The number of carbonyl (C=O) groups excluding carboxylic acids is 1. The number of anilines is 1. The second kappa shape index (κ2) is 9.21. The normalized spacial score (nSPS) is 15.2. The number of piperidine rings is 1. The van der Waals surface area contributed by atoms with Crippen molar-refractivity contribution in [3.8, 4) is 0 Å². The van der Waals surface area contributed by atoms with E-state index in [0.29, 0.717) is 10.6 Å². The minimum Gasteiger partial charge on any atom is -0.304 e. The minimum atomic E-state index is -0.00354. The molecule has 0 spiro atoms. The molecule has 0 N–H and O–H groups in total. The first kappa shape index (κ1) is 19.6. The molecule has 0 unspecified atom stereocenters. The minimum absolute atomic E-state index is 0.00354. The zero-order valence-electron chi connectivity index (χ0n) is 16.2. The molecule has 0 saturated carbocycles. The molecule has 1 amide bonds. The summed E-state index contributed by atoms with van der Waals surface area (Å²) in [5.74, 6) is -0.00354. The number of benzene rings is 2. The molecule has 3 aromatic rings. The second-order valence-electron chi connectivity index (χ2n) is 7.39. The SMILES string of the molecule is O=C(c1ccc(Cl)cc1)N(c1cccnc1)C1CCN(Cc2ccccc2)CC1. The summed E-state index contributed by atoms with van der Waals surface area (Å²) in [5, 5.41) is 0.628. The van der Waals surface area contributed by atoms with Crippen LogP contribution < -0.4 is 4.90 Å². The van der Waals surface area contributed by atoms with Gasteiger partial charge in [-0.1, -0.05) is 41.9 Å². The van der Waals surface area contributed by atoms with E-state index in [-0.39, 0.29) is 11.9 Å². The molecule has 4 rings (SSSR count). The number of likely N-dealkylation sites (tertiary alicyclic amines) is 1. The summed E-state index contributed by atoms with van der Waals surface area (Å²) in [6, 6.07) is 21.6. The van der Waals surface area contributed by atoms with Crippen LogP contribution in [0.15, 0.2) is 79.1 Å². The predicted molar refractivity (Wildman–Crippen MR) is 117 cm³/mol. The Labute approximate surface area is 176 Å². The van der Waals surface area contributed by atoms with Crippen molar-refractivity contribution in [3.63, 3.8) is 0 Å². The van der Waals surface area contributed by atoms with Crippen LogP contribution in [-0.4, -0.2) is 34.9 Å². The highest BCUT2D eigenvalue weighted by molar-refractivity contribution is 6.30. The van der Waals surface area contributed by atoms with E-state index in [1.165, 1.54) is 5.56 Å². The summed E-state index contributed by atoms with van der Waals surface area (Å²) in [5.41, 5.74) is 2.81. The number of carbonyl (C=O) groups is 1. The Hall–Kier alpha value is -2.69. The first-order valence-electron chi connectivity index (χ1n) is 9.96. The van der Waals surface area contributed by atoms with Crippen molar-refractivity contribution in [1.29, 1.82) is 0 Å². The van der Waals surface area contributed by atoms with Gasteiger partial charge in [-0.25, -0.2) is 0 Å². The van der Waals surface area contributed by atoms with E-state index in [1.807, 2.05) is 23.1 Å². The fraction of sp³-hybridized carbons (Fsp3) is 0.250. The van der Waals surface area contributed by atoms with Gasteiger partial charge in [0.15, 0.2) is 0 Å². The molecule has 4 nitrogen and oxygen atoms in total. The predicted octanol–water partition coefficient (Wildman–Crippen LogP) is 5.05. The number of halogens is 1. The Morgan fingerprint density at radius 3 is 2.38 bits per heavy atom. The van der Waals surface area contributed by atoms with Crippen molar-refractivity contribution in [2.75, 3.05) is 18.0 Å². The maximum absolute atomic E-state index is 13.4. The van der Waals surface area contributed by atoms with Crippen molar-refractivity contribution in [2.24, 2.45) is 0 Å². The van der Waals surface area contributed by atoms with Crippen molar-refractivity contribution < 1.29 is 4.79 Å². The average Bonchev–Trinajstić information content (AvgIpc) is 2.77. The molecule has 1 saturated heterocycles. The lowest BCUT2D eigenvalue weighted by Crippen LogP contribution is -2.47. The summed E-state index contributed by atoms with van der Waals surface area (Å²) in [6.45, 7) is 2.88. The lowest BCUT2D eigenvalue weighted by molar-refractivity contribution is 0.0958. The third-order valence-electron chi connectivity index (χ3n) is 5.41. The van der Waals surface area contributed by atoms with E-state index in [4.69, 9.17) is 11.6 Å². The highest BCUT2D eigenvalue weighted by Gasteiger charge is 2.30. The molecule has 2 aromatic carbocycles. The topological polar surface area (TPSA) is 36.4 Å². The van der Waals surface area contributed by atoms with Crippen molar-refractivity contribution in [1.82, 2.24) is 9.88 Å². The van der Waals surface area contributed by atoms with Gasteiger partial charge in [0.05, 0.1) is 11.9 Å². The summed E-state index contributed by atoms with van der Waals surface area (Å²) < 4.78 is 0. The summed E-state index contributed by atoms with van der Waals surface area (Å²) in [4.78, 5) is 22.0. The monoisotopic (exact) mass is 405 g/mol. The smallest absolute Gasteiger partial charge is 0.258 e. The van der Waals surface area contributed by atoms with Crippen LogP contribution in [0.3, 0.4) is 0 Å². The molecular weight excluding hydrogens is 382 g/mol. The Morgan fingerprint density at radius 2 is 1.72 bits per heavy atom. The lowest BCUT2D eigenvalue weighted by Gasteiger charge is -2.38. The van der Waals surface area contributed by atoms with Crippen LogP contribution in [0, 0.1) is 0 Å². The van der Waals surface area contributed by atoms with Gasteiger partial charge < -0.3 is 4.90 Å². The third-order valence-corrected chi connectivity index (χ3v) is 5.66. The van der Waals surface area contributed by atoms with Gasteiger partial charge in [0.25, 0.3) is 5.91 Å². The number of pyridine rings is 1. The van der Waals surface area contributed by atoms with Gasteiger partial charge in [0, 0.05) is 42.5 Å². The molecule has 1 fully saturated rings. The van der Waals surface area contributed by atoms with E-state index < -0.39 is 0 Å². The first-order chi connectivity index (χ1) is 14.2. The van der Waals surface area contributed by atoms with Gasteiger partial charge in [0.1, 0.15) is 0 Å². The van der Waals surface area contributed by atoms with Crippen molar-refractivity contribution >= 4 is 23.2 Å². The number of amides is 1. The summed E-state index contributed by atoms with van der Waals surface area (Å²) in [6.07, 6.45) is 5.36. The largest absolute Gasteiger partial charge is 0.304 e. The molecule has 29 heavy (non-hydrogen) atoms. The zero-order chi connectivity index (χ0) is 20.1. The molecule has 0 radical (unpaired) electrons. The van der Waals surface area contributed by atoms with Gasteiger partial charge in [-0.15, -0.1) is 0 Å². The Balaban J connectivity index is 1.50. The molecule has 0 aliphatic carbocycles. The van der Waals surface area contributed by atoms with Gasteiger partial charge >= 0.3 is 0 Å². The molecule has 1 aliphatic heterocycles. The van der Waals surface area contributed by atoms with E-state index in [1.54, 1.807) is 36.7 Å². The Morgan fingerprint density at radius 1 is 1.00 bits per heavy atom. The lowest BCUT2D eigenvalue weighted by atomic mass is 10.0. The fourth-order valence-corrected chi connectivity index (χ4v) is 4.02. The Kier molecular flexibility index (Phi) is 6.23. The average molecular weight is 406 g/mol. The van der Waals surface area contributed by atoms with Crippen LogP contribution >= 0.6 is 11.6 Å². The van der Waals surface area contributed by atoms with Gasteiger partial charge in [-0.05, 0) is 54.8 Å². The highest BCUT2D eigenvalue weighted by atomic mass is 35.5. The quantitative estimate of drug-likeness (QED) is 0.596. The number of rotatable bonds is 5. The van der Waals surface area contributed by atoms with Crippen LogP contribution in [-0.2, 0) is 6.54 Å². The molecule has 148 valence electrons. The molecular formula is C24H24ClN3O. The Bertz CT molecular complexity index is 923. The van der Waals surface area contributed by atoms with Crippen LogP contribution in [0.25, 0.3) is 0 Å². The number of hydrogen-bond acceptors (Lipinski definition) is 3. The standard InChI is InChI=1S/C24H24ClN3O/c25-21-10-8-20(9-11-21)24(29)28(23-7-4-14-26-17-23)22-12-15-27(16-13-22)18-19-5-2-1-3-6-19/h1-11,14,17,22H,12-13,15-16,18H2. The van der Waals surface area contributed by atoms with Crippen LogP contribution in [0.4, 0.5) is 5.69 Å². The van der Waals surface area contributed by atoms with Crippen LogP contribution in [0.5, 0.6) is 0 Å². The first-order valence-corrected chi connectivity index (χ1v) is 10.3. The maximum Gasteiger partial charge on any atom is 0.258 e. The molecule has 1 aliphatic rings. The van der Waals surface area contributed by atoms with Crippen molar-refractivity contribution in [3.05, 3.63) is 95.3 Å².